The van der Waals surface area contributed by atoms with Crippen molar-refractivity contribution >= 4 is 23.2 Å². The molecule has 1 heterocycles. The van der Waals surface area contributed by atoms with Gasteiger partial charge in [-0.3, -0.25) is 4.68 Å². The van der Waals surface area contributed by atoms with E-state index in [-0.39, 0.29) is 0 Å². The Bertz CT molecular complexity index is 640. The molecule has 0 atom stereocenters. The third-order valence-electron chi connectivity index (χ3n) is 3.26. The van der Waals surface area contributed by atoms with E-state index >= 15 is 0 Å². The highest BCUT2D eigenvalue weighted by atomic mass is 35.5. The molecule has 1 aliphatic carbocycles. The van der Waals surface area contributed by atoms with E-state index in [0.717, 1.165) is 11.3 Å². The number of aromatic nitrogens is 3. The van der Waals surface area contributed by atoms with E-state index in [2.05, 4.69) is 15.6 Å². The number of ether oxygens (including phenoxy) is 1. The van der Waals surface area contributed by atoms with Crippen LogP contribution in [0.4, 0.5) is 0 Å². The lowest BCUT2D eigenvalue weighted by molar-refractivity contribution is 0.297. The quantitative estimate of drug-likeness (QED) is 0.886. The number of nitrogens with one attached hydrogen (secondary N) is 1. The van der Waals surface area contributed by atoms with Crippen molar-refractivity contribution in [2.45, 2.75) is 32.0 Å². The summed E-state index contributed by atoms with van der Waals surface area (Å²) >= 11 is 12.3. The summed E-state index contributed by atoms with van der Waals surface area (Å²) in [6.07, 6.45) is 4.26. The van der Waals surface area contributed by atoms with Gasteiger partial charge in [0, 0.05) is 30.2 Å². The van der Waals surface area contributed by atoms with Gasteiger partial charge in [0.15, 0.2) is 0 Å². The highest BCUT2D eigenvalue weighted by Gasteiger charge is 2.21. The minimum Gasteiger partial charge on any atom is -0.485 e. The molecule has 1 saturated carbocycles. The maximum Gasteiger partial charge on any atom is 0.143 e. The molecule has 0 bridgehead atoms. The van der Waals surface area contributed by atoms with E-state index in [1.54, 1.807) is 10.7 Å². The van der Waals surface area contributed by atoms with E-state index in [1.807, 2.05) is 19.3 Å². The molecule has 1 aliphatic rings. The fourth-order valence-electron chi connectivity index (χ4n) is 2.06. The Labute approximate surface area is 133 Å². The molecule has 1 aromatic heterocycles. The van der Waals surface area contributed by atoms with Crippen LogP contribution >= 0.6 is 23.2 Å². The molecule has 2 aromatic rings. The zero-order valence-electron chi connectivity index (χ0n) is 11.6. The molecule has 7 heteroatoms. The van der Waals surface area contributed by atoms with Crippen LogP contribution in [0.3, 0.4) is 0 Å². The lowest BCUT2D eigenvalue weighted by Crippen LogP contribution is -2.16. The van der Waals surface area contributed by atoms with Crippen molar-refractivity contribution in [1.82, 2.24) is 20.3 Å². The molecule has 1 fully saturated rings. The molecule has 0 amide bonds. The molecule has 0 spiro atoms. The van der Waals surface area contributed by atoms with Gasteiger partial charge < -0.3 is 10.1 Å². The number of hydrogen-bond acceptors (Lipinski definition) is 4. The molecule has 1 aromatic carbocycles. The molecule has 21 heavy (non-hydrogen) atoms. The standard InChI is InChI=1S/C14H16Cl2N4O/c1-20-7-12(18-19-20)8-21-14-9(6-17-11-2-3-11)4-10(15)5-13(14)16/h4-5,7,11,17H,2-3,6,8H2,1H3. The Hall–Kier alpha value is -1.30. The second kappa shape index (κ2) is 6.22. The van der Waals surface area contributed by atoms with Crippen molar-refractivity contribution in [2.75, 3.05) is 0 Å². The first-order valence-electron chi connectivity index (χ1n) is 6.81. The molecule has 3 rings (SSSR count). The largest absolute Gasteiger partial charge is 0.485 e. The lowest BCUT2D eigenvalue weighted by Gasteiger charge is -2.13. The van der Waals surface area contributed by atoms with E-state index < -0.39 is 0 Å². The summed E-state index contributed by atoms with van der Waals surface area (Å²) in [6, 6.07) is 4.18. The summed E-state index contributed by atoms with van der Waals surface area (Å²) < 4.78 is 7.47. The summed E-state index contributed by atoms with van der Waals surface area (Å²) in [4.78, 5) is 0. The first kappa shape index (κ1) is 14.6. The molecule has 1 N–H and O–H groups in total. The summed E-state index contributed by atoms with van der Waals surface area (Å²) in [5.41, 5.74) is 1.72. The molecule has 112 valence electrons. The lowest BCUT2D eigenvalue weighted by atomic mass is 10.2. The number of halogens is 2. The summed E-state index contributed by atoms with van der Waals surface area (Å²) in [6.45, 7) is 1.02. The van der Waals surface area contributed by atoms with Crippen LogP contribution in [-0.2, 0) is 20.2 Å². The molecule has 0 aliphatic heterocycles. The SMILES string of the molecule is Cn1cc(COc2c(Cl)cc(Cl)cc2CNC2CC2)nn1. The van der Waals surface area contributed by atoms with Crippen molar-refractivity contribution in [1.29, 1.82) is 0 Å². The van der Waals surface area contributed by atoms with Gasteiger partial charge in [0.1, 0.15) is 18.1 Å². The van der Waals surface area contributed by atoms with Crippen LogP contribution in [0.2, 0.25) is 10.0 Å². The molecule has 0 saturated heterocycles. The average Bonchev–Trinajstić information content (AvgIpc) is 3.17. The zero-order valence-corrected chi connectivity index (χ0v) is 13.2. The second-order valence-corrected chi connectivity index (χ2v) is 6.05. The number of aryl methyl sites for hydroxylation is 1. The van der Waals surface area contributed by atoms with Crippen molar-refractivity contribution in [3.63, 3.8) is 0 Å². The normalized spacial score (nSPS) is 14.4. The Morgan fingerprint density at radius 1 is 1.38 bits per heavy atom. The summed E-state index contributed by atoms with van der Waals surface area (Å²) in [7, 11) is 1.82. The zero-order chi connectivity index (χ0) is 14.8. The fourth-order valence-corrected chi connectivity index (χ4v) is 2.65. The predicted octanol–water partition coefficient (Wildman–Crippen LogP) is 2.95. The Morgan fingerprint density at radius 2 is 2.19 bits per heavy atom. The van der Waals surface area contributed by atoms with E-state index in [4.69, 9.17) is 27.9 Å². The van der Waals surface area contributed by atoms with Crippen LogP contribution in [0.5, 0.6) is 5.75 Å². The summed E-state index contributed by atoms with van der Waals surface area (Å²) in [5.74, 6) is 0.653. The van der Waals surface area contributed by atoms with Crippen LogP contribution in [0.1, 0.15) is 24.1 Å². The van der Waals surface area contributed by atoms with Crippen molar-refractivity contribution in [2.24, 2.45) is 7.05 Å². The molecule has 0 unspecified atom stereocenters. The van der Waals surface area contributed by atoms with Crippen LogP contribution in [-0.4, -0.2) is 21.0 Å². The van der Waals surface area contributed by atoms with Gasteiger partial charge >= 0.3 is 0 Å². The first-order valence-corrected chi connectivity index (χ1v) is 7.56. The van der Waals surface area contributed by atoms with E-state index in [9.17, 15) is 0 Å². The van der Waals surface area contributed by atoms with Gasteiger partial charge in [-0.05, 0) is 25.0 Å². The van der Waals surface area contributed by atoms with Gasteiger partial charge in [0.25, 0.3) is 0 Å². The van der Waals surface area contributed by atoms with Gasteiger partial charge in [-0.25, -0.2) is 0 Å². The maximum atomic E-state index is 6.26. The van der Waals surface area contributed by atoms with Gasteiger partial charge in [0.2, 0.25) is 0 Å². The highest BCUT2D eigenvalue weighted by Crippen LogP contribution is 2.33. The third-order valence-corrected chi connectivity index (χ3v) is 3.76. The van der Waals surface area contributed by atoms with Crippen LogP contribution in [0.15, 0.2) is 18.3 Å². The average molecular weight is 327 g/mol. The topological polar surface area (TPSA) is 52.0 Å². The Morgan fingerprint density at radius 3 is 2.86 bits per heavy atom. The van der Waals surface area contributed by atoms with Crippen LogP contribution in [0.25, 0.3) is 0 Å². The number of nitrogens with zero attached hydrogens (tertiary/aromatic N) is 3. The van der Waals surface area contributed by atoms with Crippen LogP contribution < -0.4 is 10.1 Å². The number of benzene rings is 1. The predicted molar refractivity (Wildman–Crippen MR) is 81.7 cm³/mol. The fraction of sp³-hybridized carbons (Fsp3) is 0.429. The molecule has 0 radical (unpaired) electrons. The Balaban J connectivity index is 1.74. The first-order chi connectivity index (χ1) is 10.1. The van der Waals surface area contributed by atoms with Gasteiger partial charge in [-0.15, -0.1) is 5.10 Å². The smallest absolute Gasteiger partial charge is 0.143 e. The van der Waals surface area contributed by atoms with Crippen molar-refractivity contribution in [3.8, 4) is 5.75 Å². The molecular weight excluding hydrogens is 311 g/mol. The summed E-state index contributed by atoms with van der Waals surface area (Å²) in [5, 5.41) is 12.4. The highest BCUT2D eigenvalue weighted by molar-refractivity contribution is 6.35. The number of rotatable bonds is 6. The monoisotopic (exact) mass is 326 g/mol. The molecule has 5 nitrogen and oxygen atoms in total. The third kappa shape index (κ3) is 3.87. The molecular formula is C14H16Cl2N4O. The van der Waals surface area contributed by atoms with E-state index in [1.165, 1.54) is 12.8 Å². The maximum absolute atomic E-state index is 6.26. The minimum atomic E-state index is 0.325. The van der Waals surface area contributed by atoms with E-state index in [0.29, 0.717) is 35.0 Å². The van der Waals surface area contributed by atoms with Crippen molar-refractivity contribution < 1.29 is 4.74 Å². The van der Waals surface area contributed by atoms with Gasteiger partial charge in [-0.2, -0.15) is 0 Å². The Kier molecular flexibility index (Phi) is 4.33. The minimum absolute atomic E-state index is 0.325. The van der Waals surface area contributed by atoms with Crippen molar-refractivity contribution in [3.05, 3.63) is 39.6 Å². The second-order valence-electron chi connectivity index (χ2n) is 5.20. The number of hydrogen-bond donors (Lipinski definition) is 1. The van der Waals surface area contributed by atoms with Crippen LogP contribution in [0, 0.1) is 0 Å². The van der Waals surface area contributed by atoms with Gasteiger partial charge in [0.05, 0.1) is 11.2 Å². The van der Waals surface area contributed by atoms with Gasteiger partial charge in [-0.1, -0.05) is 28.4 Å².